The van der Waals surface area contributed by atoms with Crippen LogP contribution in [-0.4, -0.2) is 11.5 Å². The van der Waals surface area contributed by atoms with Crippen LogP contribution in [0.15, 0.2) is 22.8 Å². The molecule has 3 unspecified atom stereocenters. The minimum absolute atomic E-state index is 0.351. The lowest BCUT2D eigenvalue weighted by atomic mass is 9.70. The zero-order chi connectivity index (χ0) is 11.9. The number of nitrogens with zero attached hydrogens (tertiary/aromatic N) is 1. The molecule has 2 bridgehead atoms. The molecule has 0 aliphatic heterocycles. The van der Waals surface area contributed by atoms with Gasteiger partial charge in [0, 0.05) is 16.4 Å². The zero-order valence-corrected chi connectivity index (χ0v) is 11.6. The number of rotatable bonds is 3. The van der Waals surface area contributed by atoms with Crippen molar-refractivity contribution in [3.63, 3.8) is 0 Å². The highest BCUT2D eigenvalue weighted by Gasteiger charge is 2.49. The minimum atomic E-state index is 0.351. The fraction of sp³-hybridized carbons (Fsp3) is 0.643. The van der Waals surface area contributed by atoms with Gasteiger partial charge in [-0.3, -0.25) is 4.98 Å². The summed E-state index contributed by atoms with van der Waals surface area (Å²) in [6.45, 7) is 0.825. The van der Waals surface area contributed by atoms with Gasteiger partial charge in [0.05, 0.1) is 0 Å². The van der Waals surface area contributed by atoms with Gasteiger partial charge in [0.2, 0.25) is 0 Å². The summed E-state index contributed by atoms with van der Waals surface area (Å²) in [6.07, 6.45) is 8.52. The van der Waals surface area contributed by atoms with E-state index in [1.54, 1.807) is 0 Å². The van der Waals surface area contributed by atoms with Gasteiger partial charge in [-0.1, -0.05) is 6.42 Å². The monoisotopic (exact) mass is 294 g/mol. The number of hydrogen-bond donors (Lipinski definition) is 1. The molecule has 2 aliphatic rings. The summed E-state index contributed by atoms with van der Waals surface area (Å²) in [5, 5.41) is 0. The van der Waals surface area contributed by atoms with E-state index in [2.05, 4.69) is 33.0 Å². The summed E-state index contributed by atoms with van der Waals surface area (Å²) >= 11 is 3.43. The molecule has 0 amide bonds. The Balaban J connectivity index is 1.80. The Morgan fingerprint density at radius 1 is 1.41 bits per heavy atom. The van der Waals surface area contributed by atoms with E-state index < -0.39 is 0 Å². The Kier molecular flexibility index (Phi) is 2.99. The van der Waals surface area contributed by atoms with Crippen molar-refractivity contribution >= 4 is 15.9 Å². The number of nitrogens with two attached hydrogens (primary N) is 1. The summed E-state index contributed by atoms with van der Waals surface area (Å²) in [4.78, 5) is 4.52. The average Bonchev–Trinajstić information content (AvgIpc) is 2.93. The van der Waals surface area contributed by atoms with Gasteiger partial charge in [-0.2, -0.15) is 0 Å². The molecule has 0 spiro atoms. The van der Waals surface area contributed by atoms with E-state index >= 15 is 0 Å². The smallest absolute Gasteiger partial charge is 0.0413 e. The standard InChI is InChI=1S/C14H19BrN2/c15-12-3-4-13(17-8-12)7-14(9-16)6-10-1-2-11(14)5-10/h3-4,8,10-11H,1-2,5-7,9,16H2. The van der Waals surface area contributed by atoms with Gasteiger partial charge in [0.15, 0.2) is 0 Å². The van der Waals surface area contributed by atoms with Gasteiger partial charge in [0.1, 0.15) is 0 Å². The van der Waals surface area contributed by atoms with E-state index in [0.717, 1.165) is 29.3 Å². The van der Waals surface area contributed by atoms with Crippen LogP contribution in [0.3, 0.4) is 0 Å². The van der Waals surface area contributed by atoms with Gasteiger partial charge >= 0.3 is 0 Å². The molecule has 2 fully saturated rings. The summed E-state index contributed by atoms with van der Waals surface area (Å²) in [5.41, 5.74) is 7.65. The summed E-state index contributed by atoms with van der Waals surface area (Å²) in [6, 6.07) is 4.22. The van der Waals surface area contributed by atoms with E-state index in [4.69, 9.17) is 5.73 Å². The van der Waals surface area contributed by atoms with Crippen molar-refractivity contribution in [2.75, 3.05) is 6.54 Å². The van der Waals surface area contributed by atoms with Crippen molar-refractivity contribution in [3.8, 4) is 0 Å². The van der Waals surface area contributed by atoms with Crippen LogP contribution in [0.1, 0.15) is 31.4 Å². The highest BCUT2D eigenvalue weighted by Crippen LogP contribution is 2.56. The lowest BCUT2D eigenvalue weighted by molar-refractivity contribution is 0.170. The van der Waals surface area contributed by atoms with E-state index in [0.29, 0.717) is 5.41 Å². The van der Waals surface area contributed by atoms with Crippen molar-refractivity contribution in [3.05, 3.63) is 28.5 Å². The molecular weight excluding hydrogens is 276 g/mol. The van der Waals surface area contributed by atoms with Gasteiger partial charge in [-0.05, 0) is 77.5 Å². The van der Waals surface area contributed by atoms with Crippen molar-refractivity contribution in [1.82, 2.24) is 4.98 Å². The Bertz CT molecular complexity index is 403. The first-order chi connectivity index (χ1) is 8.22. The number of hydrogen-bond acceptors (Lipinski definition) is 2. The molecule has 3 rings (SSSR count). The lowest BCUT2D eigenvalue weighted by Gasteiger charge is -2.36. The third kappa shape index (κ3) is 2.04. The molecule has 17 heavy (non-hydrogen) atoms. The van der Waals surface area contributed by atoms with Crippen LogP contribution < -0.4 is 5.73 Å². The predicted octanol–water partition coefficient (Wildman–Crippen LogP) is 3.15. The number of aromatic nitrogens is 1. The highest BCUT2D eigenvalue weighted by atomic mass is 79.9. The molecule has 1 aromatic heterocycles. The van der Waals surface area contributed by atoms with Crippen molar-refractivity contribution in [2.45, 2.75) is 32.1 Å². The van der Waals surface area contributed by atoms with Crippen LogP contribution in [0.4, 0.5) is 0 Å². The first kappa shape index (κ1) is 11.7. The molecular formula is C14H19BrN2. The minimum Gasteiger partial charge on any atom is -0.330 e. The Labute approximate surface area is 111 Å². The first-order valence-corrected chi connectivity index (χ1v) is 7.32. The molecule has 0 saturated heterocycles. The normalized spacial score (nSPS) is 35.4. The Morgan fingerprint density at radius 3 is 2.82 bits per heavy atom. The van der Waals surface area contributed by atoms with Gasteiger partial charge < -0.3 is 5.73 Å². The largest absolute Gasteiger partial charge is 0.330 e. The summed E-state index contributed by atoms with van der Waals surface area (Å²) < 4.78 is 1.05. The van der Waals surface area contributed by atoms with Gasteiger partial charge in [-0.25, -0.2) is 0 Å². The van der Waals surface area contributed by atoms with Crippen LogP contribution in [0.2, 0.25) is 0 Å². The maximum absolute atomic E-state index is 6.10. The van der Waals surface area contributed by atoms with E-state index in [9.17, 15) is 0 Å². The van der Waals surface area contributed by atoms with Crippen LogP contribution in [0, 0.1) is 17.3 Å². The Hall–Kier alpha value is -0.410. The van der Waals surface area contributed by atoms with Crippen molar-refractivity contribution < 1.29 is 0 Å². The number of pyridine rings is 1. The average molecular weight is 295 g/mol. The van der Waals surface area contributed by atoms with Gasteiger partial charge in [0.25, 0.3) is 0 Å². The number of fused-ring (bicyclic) bond motifs is 2. The second-order valence-electron chi connectivity index (χ2n) is 5.79. The van der Waals surface area contributed by atoms with Gasteiger partial charge in [-0.15, -0.1) is 0 Å². The van der Waals surface area contributed by atoms with E-state index in [1.165, 1.54) is 31.4 Å². The maximum Gasteiger partial charge on any atom is 0.0413 e. The molecule has 92 valence electrons. The highest BCUT2D eigenvalue weighted by molar-refractivity contribution is 9.10. The van der Waals surface area contributed by atoms with Crippen molar-refractivity contribution in [2.24, 2.45) is 23.0 Å². The topological polar surface area (TPSA) is 38.9 Å². The van der Waals surface area contributed by atoms with Crippen LogP contribution in [0.5, 0.6) is 0 Å². The van der Waals surface area contributed by atoms with E-state index in [1.807, 2.05) is 6.20 Å². The third-order valence-corrected chi connectivity index (χ3v) is 5.30. The van der Waals surface area contributed by atoms with Crippen molar-refractivity contribution in [1.29, 1.82) is 0 Å². The SMILES string of the molecule is NCC1(Cc2ccc(Br)cn2)CC2CCC1C2. The fourth-order valence-corrected chi connectivity index (χ4v) is 4.20. The predicted molar refractivity (Wildman–Crippen MR) is 72.6 cm³/mol. The van der Waals surface area contributed by atoms with E-state index in [-0.39, 0.29) is 0 Å². The summed E-state index contributed by atoms with van der Waals surface area (Å²) in [5.74, 6) is 1.79. The molecule has 1 aromatic rings. The second kappa shape index (κ2) is 4.36. The van der Waals surface area contributed by atoms with Crippen LogP contribution in [-0.2, 0) is 6.42 Å². The molecule has 0 aromatic carbocycles. The molecule has 0 radical (unpaired) electrons. The first-order valence-electron chi connectivity index (χ1n) is 6.52. The molecule has 2 saturated carbocycles. The maximum atomic E-state index is 6.10. The lowest BCUT2D eigenvalue weighted by Crippen LogP contribution is -2.38. The molecule has 3 atom stereocenters. The molecule has 2 N–H and O–H groups in total. The van der Waals surface area contributed by atoms with Crippen LogP contribution in [0.25, 0.3) is 0 Å². The number of halogens is 1. The molecule has 2 aliphatic carbocycles. The van der Waals surface area contributed by atoms with Crippen LogP contribution >= 0.6 is 15.9 Å². The molecule has 1 heterocycles. The third-order valence-electron chi connectivity index (χ3n) is 4.83. The fourth-order valence-electron chi connectivity index (χ4n) is 3.97. The quantitative estimate of drug-likeness (QED) is 0.930. The molecule has 3 heteroatoms. The second-order valence-corrected chi connectivity index (χ2v) is 6.71. The Morgan fingerprint density at radius 2 is 2.29 bits per heavy atom. The molecule has 2 nitrogen and oxygen atoms in total. The zero-order valence-electron chi connectivity index (χ0n) is 10.0. The summed E-state index contributed by atoms with van der Waals surface area (Å²) in [7, 11) is 0.